The Morgan fingerprint density at radius 1 is 1.29 bits per heavy atom. The molecule has 1 N–H and O–H groups in total. The monoisotopic (exact) mass is 227 g/mol. The van der Waals surface area contributed by atoms with Gasteiger partial charge in [-0.2, -0.15) is 5.10 Å². The number of benzene rings is 1. The standard InChI is InChI=1S/C14H17N3/c1-9-14(10(2)17(3)16-9)12-5-4-6-13-11(12)7-8-15-13/h4-6,15H,7-8H2,1-3H3. The smallest absolute Gasteiger partial charge is 0.0674 e. The second kappa shape index (κ2) is 3.62. The van der Waals surface area contributed by atoms with Crippen LogP contribution < -0.4 is 5.32 Å². The fourth-order valence-corrected chi connectivity index (χ4v) is 2.74. The molecule has 3 heteroatoms. The van der Waals surface area contributed by atoms with Gasteiger partial charge in [0.2, 0.25) is 0 Å². The highest BCUT2D eigenvalue weighted by atomic mass is 15.3. The maximum absolute atomic E-state index is 4.51. The van der Waals surface area contributed by atoms with Gasteiger partial charge in [0.25, 0.3) is 0 Å². The molecule has 0 saturated carbocycles. The fourth-order valence-electron chi connectivity index (χ4n) is 2.74. The van der Waals surface area contributed by atoms with E-state index in [1.54, 1.807) is 0 Å². The van der Waals surface area contributed by atoms with Gasteiger partial charge in [0.05, 0.1) is 5.69 Å². The largest absolute Gasteiger partial charge is 0.384 e. The van der Waals surface area contributed by atoms with Gasteiger partial charge in [-0.1, -0.05) is 12.1 Å². The number of fused-ring (bicyclic) bond motifs is 1. The van der Waals surface area contributed by atoms with Crippen molar-refractivity contribution in [1.82, 2.24) is 9.78 Å². The summed E-state index contributed by atoms with van der Waals surface area (Å²) in [6.07, 6.45) is 1.11. The Hall–Kier alpha value is -1.77. The zero-order valence-corrected chi connectivity index (χ0v) is 10.5. The number of hydrogen-bond acceptors (Lipinski definition) is 2. The van der Waals surface area contributed by atoms with Crippen molar-refractivity contribution in [3.05, 3.63) is 35.2 Å². The first-order chi connectivity index (χ1) is 8.18. The topological polar surface area (TPSA) is 29.9 Å². The second-order valence-electron chi connectivity index (χ2n) is 4.68. The summed E-state index contributed by atoms with van der Waals surface area (Å²) in [4.78, 5) is 0. The maximum atomic E-state index is 4.51. The molecule has 1 aromatic heterocycles. The molecule has 0 fully saturated rings. The molecular weight excluding hydrogens is 210 g/mol. The zero-order chi connectivity index (χ0) is 12.0. The summed E-state index contributed by atoms with van der Waals surface area (Å²) >= 11 is 0. The Morgan fingerprint density at radius 3 is 2.82 bits per heavy atom. The lowest BCUT2D eigenvalue weighted by Gasteiger charge is -2.08. The molecule has 0 aliphatic carbocycles. The van der Waals surface area contributed by atoms with Crippen LogP contribution in [0.2, 0.25) is 0 Å². The maximum Gasteiger partial charge on any atom is 0.0674 e. The molecule has 0 unspecified atom stereocenters. The Morgan fingerprint density at radius 2 is 2.12 bits per heavy atom. The van der Waals surface area contributed by atoms with Gasteiger partial charge in [-0.05, 0) is 37.5 Å². The van der Waals surface area contributed by atoms with E-state index in [0.717, 1.165) is 18.7 Å². The van der Waals surface area contributed by atoms with E-state index < -0.39 is 0 Å². The third kappa shape index (κ3) is 1.46. The molecule has 1 aromatic carbocycles. The summed E-state index contributed by atoms with van der Waals surface area (Å²) in [5, 5.41) is 7.94. The van der Waals surface area contributed by atoms with E-state index in [9.17, 15) is 0 Å². The number of aryl methyl sites for hydroxylation is 2. The van der Waals surface area contributed by atoms with E-state index in [2.05, 4.69) is 42.5 Å². The summed E-state index contributed by atoms with van der Waals surface area (Å²) in [5.74, 6) is 0. The van der Waals surface area contributed by atoms with E-state index in [4.69, 9.17) is 0 Å². The lowest BCUT2D eigenvalue weighted by molar-refractivity contribution is 0.731. The van der Waals surface area contributed by atoms with Gasteiger partial charge >= 0.3 is 0 Å². The van der Waals surface area contributed by atoms with Crippen LogP contribution in [0.3, 0.4) is 0 Å². The van der Waals surface area contributed by atoms with Gasteiger partial charge in [-0.25, -0.2) is 0 Å². The van der Waals surface area contributed by atoms with Gasteiger partial charge < -0.3 is 5.32 Å². The van der Waals surface area contributed by atoms with Crippen LogP contribution in [0.25, 0.3) is 11.1 Å². The minimum Gasteiger partial charge on any atom is -0.384 e. The average molecular weight is 227 g/mol. The SMILES string of the molecule is Cc1nn(C)c(C)c1-c1cccc2c1CCN2. The first-order valence-electron chi connectivity index (χ1n) is 6.05. The van der Waals surface area contributed by atoms with E-state index in [-0.39, 0.29) is 0 Å². The number of nitrogens with one attached hydrogen (secondary N) is 1. The predicted octanol–water partition coefficient (Wildman–Crippen LogP) is 2.67. The molecule has 3 nitrogen and oxygen atoms in total. The van der Waals surface area contributed by atoms with Crippen molar-refractivity contribution in [3.8, 4) is 11.1 Å². The van der Waals surface area contributed by atoms with Crippen molar-refractivity contribution >= 4 is 5.69 Å². The normalized spacial score (nSPS) is 13.6. The van der Waals surface area contributed by atoms with Crippen molar-refractivity contribution in [2.24, 2.45) is 7.05 Å². The van der Waals surface area contributed by atoms with Crippen molar-refractivity contribution in [2.75, 3.05) is 11.9 Å². The minimum absolute atomic E-state index is 1.05. The molecule has 0 atom stereocenters. The Balaban J connectivity index is 2.26. The van der Waals surface area contributed by atoms with Crippen LogP contribution in [0.4, 0.5) is 5.69 Å². The van der Waals surface area contributed by atoms with E-state index >= 15 is 0 Å². The zero-order valence-electron chi connectivity index (χ0n) is 10.5. The molecule has 88 valence electrons. The fraction of sp³-hybridized carbons (Fsp3) is 0.357. The number of rotatable bonds is 1. The van der Waals surface area contributed by atoms with Crippen molar-refractivity contribution in [1.29, 1.82) is 0 Å². The molecule has 3 rings (SSSR count). The van der Waals surface area contributed by atoms with Crippen molar-refractivity contribution < 1.29 is 0 Å². The summed E-state index contributed by atoms with van der Waals surface area (Å²) < 4.78 is 1.96. The number of anilines is 1. The summed E-state index contributed by atoms with van der Waals surface area (Å²) in [7, 11) is 2.01. The Bertz CT molecular complexity index is 581. The first-order valence-corrected chi connectivity index (χ1v) is 6.05. The molecule has 0 bridgehead atoms. The Labute approximate surface area is 101 Å². The van der Waals surface area contributed by atoms with Crippen LogP contribution in [0, 0.1) is 13.8 Å². The number of hydrogen-bond donors (Lipinski definition) is 1. The molecule has 0 saturated heterocycles. The molecule has 0 spiro atoms. The lowest BCUT2D eigenvalue weighted by Crippen LogP contribution is -1.93. The predicted molar refractivity (Wildman–Crippen MR) is 70.3 cm³/mol. The average Bonchev–Trinajstić information content (AvgIpc) is 2.85. The third-order valence-corrected chi connectivity index (χ3v) is 3.64. The van der Waals surface area contributed by atoms with Gasteiger partial charge in [-0.3, -0.25) is 4.68 Å². The van der Waals surface area contributed by atoms with Crippen molar-refractivity contribution in [3.63, 3.8) is 0 Å². The van der Waals surface area contributed by atoms with Gasteiger partial charge in [0, 0.05) is 30.5 Å². The van der Waals surface area contributed by atoms with E-state index in [0.29, 0.717) is 0 Å². The van der Waals surface area contributed by atoms with Crippen molar-refractivity contribution in [2.45, 2.75) is 20.3 Å². The molecule has 0 radical (unpaired) electrons. The van der Waals surface area contributed by atoms with Gasteiger partial charge in [0.1, 0.15) is 0 Å². The van der Waals surface area contributed by atoms with Crippen LogP contribution >= 0.6 is 0 Å². The molecule has 1 aliphatic rings. The minimum atomic E-state index is 1.05. The lowest BCUT2D eigenvalue weighted by atomic mass is 9.96. The van der Waals surface area contributed by atoms with Crippen LogP contribution in [0.5, 0.6) is 0 Å². The van der Waals surface area contributed by atoms with Gasteiger partial charge in [-0.15, -0.1) is 0 Å². The quantitative estimate of drug-likeness (QED) is 0.811. The second-order valence-corrected chi connectivity index (χ2v) is 4.68. The number of nitrogens with zero attached hydrogens (tertiary/aromatic N) is 2. The molecule has 17 heavy (non-hydrogen) atoms. The van der Waals surface area contributed by atoms with Gasteiger partial charge in [0.15, 0.2) is 0 Å². The summed E-state index contributed by atoms with van der Waals surface area (Å²) in [6, 6.07) is 6.49. The molecule has 2 aromatic rings. The summed E-state index contributed by atoms with van der Waals surface area (Å²) in [5.41, 5.74) is 7.72. The molecular formula is C14H17N3. The first kappa shape index (κ1) is 10.4. The highest BCUT2D eigenvalue weighted by molar-refractivity contribution is 5.78. The van der Waals surface area contributed by atoms with Crippen LogP contribution in [-0.4, -0.2) is 16.3 Å². The highest BCUT2D eigenvalue weighted by Gasteiger charge is 2.19. The third-order valence-electron chi connectivity index (χ3n) is 3.64. The molecule has 2 heterocycles. The molecule has 0 amide bonds. The highest BCUT2D eigenvalue weighted by Crippen LogP contribution is 2.35. The van der Waals surface area contributed by atoms with Crippen LogP contribution in [0.15, 0.2) is 18.2 Å². The summed E-state index contributed by atoms with van der Waals surface area (Å²) in [6.45, 7) is 5.27. The molecule has 1 aliphatic heterocycles. The van der Waals surface area contributed by atoms with E-state index in [1.807, 2.05) is 11.7 Å². The Kier molecular flexibility index (Phi) is 2.21. The van der Waals surface area contributed by atoms with Crippen LogP contribution in [0.1, 0.15) is 17.0 Å². The van der Waals surface area contributed by atoms with E-state index in [1.165, 1.54) is 28.1 Å². The van der Waals surface area contributed by atoms with Crippen LogP contribution in [-0.2, 0) is 13.5 Å². The number of aromatic nitrogens is 2.